The van der Waals surface area contributed by atoms with E-state index in [-0.39, 0.29) is 11.9 Å². The molecular formula is C10H13N7O2. The summed E-state index contributed by atoms with van der Waals surface area (Å²) in [6.45, 7) is 1.51. The van der Waals surface area contributed by atoms with Gasteiger partial charge in [-0.1, -0.05) is 0 Å². The minimum absolute atomic E-state index is 0.00752. The third kappa shape index (κ3) is 2.76. The van der Waals surface area contributed by atoms with Crippen molar-refractivity contribution in [3.8, 4) is 0 Å². The van der Waals surface area contributed by atoms with E-state index in [9.17, 15) is 4.79 Å². The quantitative estimate of drug-likeness (QED) is 0.792. The van der Waals surface area contributed by atoms with Crippen molar-refractivity contribution in [1.82, 2.24) is 30.4 Å². The number of hydrogen-bond donors (Lipinski definition) is 2. The Morgan fingerprint density at radius 3 is 3.32 bits per heavy atom. The molecule has 3 rings (SSSR count). The van der Waals surface area contributed by atoms with Gasteiger partial charge in [-0.05, 0) is 18.1 Å². The molecule has 9 nitrogen and oxygen atoms in total. The van der Waals surface area contributed by atoms with E-state index >= 15 is 0 Å². The van der Waals surface area contributed by atoms with Crippen molar-refractivity contribution in [2.45, 2.75) is 25.5 Å². The third-order valence-electron chi connectivity index (χ3n) is 2.85. The van der Waals surface area contributed by atoms with Gasteiger partial charge in [-0.2, -0.15) is 10.3 Å². The first-order valence-corrected chi connectivity index (χ1v) is 6.00. The SMILES string of the molecule is O=C(Nc1cnn(CC2CCCO2)c1)c1nn[nH]n1. The zero-order valence-corrected chi connectivity index (χ0v) is 10.1. The summed E-state index contributed by atoms with van der Waals surface area (Å²) in [4.78, 5) is 11.7. The van der Waals surface area contributed by atoms with Gasteiger partial charge in [0.15, 0.2) is 0 Å². The zero-order chi connectivity index (χ0) is 13.1. The molecule has 0 spiro atoms. The molecular weight excluding hydrogens is 250 g/mol. The second-order valence-electron chi connectivity index (χ2n) is 4.28. The lowest BCUT2D eigenvalue weighted by atomic mass is 10.2. The maximum atomic E-state index is 11.7. The number of tetrazole rings is 1. The van der Waals surface area contributed by atoms with E-state index in [0.29, 0.717) is 12.2 Å². The van der Waals surface area contributed by atoms with E-state index in [2.05, 4.69) is 31.0 Å². The Kier molecular flexibility index (Phi) is 3.19. The number of H-pyrrole nitrogens is 1. The van der Waals surface area contributed by atoms with Crippen LogP contribution in [-0.4, -0.2) is 49.0 Å². The van der Waals surface area contributed by atoms with Gasteiger partial charge in [-0.15, -0.1) is 10.2 Å². The van der Waals surface area contributed by atoms with Crippen LogP contribution in [0.3, 0.4) is 0 Å². The molecule has 1 atom stereocenters. The summed E-state index contributed by atoms with van der Waals surface area (Å²) in [5, 5.41) is 19.6. The summed E-state index contributed by atoms with van der Waals surface area (Å²) >= 11 is 0. The number of nitrogens with zero attached hydrogens (tertiary/aromatic N) is 5. The molecule has 1 unspecified atom stereocenters. The van der Waals surface area contributed by atoms with E-state index < -0.39 is 5.91 Å². The summed E-state index contributed by atoms with van der Waals surface area (Å²) in [5.41, 5.74) is 0.591. The highest BCUT2D eigenvalue weighted by Crippen LogP contribution is 2.15. The van der Waals surface area contributed by atoms with Crippen LogP contribution in [0, 0.1) is 0 Å². The molecule has 1 amide bonds. The topological polar surface area (TPSA) is 111 Å². The molecule has 0 aliphatic carbocycles. The van der Waals surface area contributed by atoms with Crippen LogP contribution in [0.4, 0.5) is 5.69 Å². The number of carbonyl (C=O) groups is 1. The Balaban J connectivity index is 1.60. The number of ether oxygens (including phenoxy) is 1. The fourth-order valence-electron chi connectivity index (χ4n) is 1.97. The number of aromatic amines is 1. The first kappa shape index (κ1) is 11.8. The molecule has 2 aromatic heterocycles. The number of aromatic nitrogens is 6. The molecule has 100 valence electrons. The van der Waals surface area contributed by atoms with Gasteiger partial charge in [-0.3, -0.25) is 9.48 Å². The van der Waals surface area contributed by atoms with Gasteiger partial charge in [0.2, 0.25) is 0 Å². The average molecular weight is 263 g/mol. The first-order valence-electron chi connectivity index (χ1n) is 6.00. The van der Waals surface area contributed by atoms with Crippen molar-refractivity contribution >= 4 is 11.6 Å². The monoisotopic (exact) mass is 263 g/mol. The molecule has 0 bridgehead atoms. The van der Waals surface area contributed by atoms with Gasteiger partial charge in [0.1, 0.15) is 0 Å². The van der Waals surface area contributed by atoms with E-state index in [1.807, 2.05) is 0 Å². The van der Waals surface area contributed by atoms with Crippen molar-refractivity contribution < 1.29 is 9.53 Å². The summed E-state index contributed by atoms with van der Waals surface area (Å²) in [6.07, 6.45) is 5.67. The van der Waals surface area contributed by atoms with Gasteiger partial charge in [0.05, 0.1) is 24.5 Å². The van der Waals surface area contributed by atoms with Crippen LogP contribution in [0.15, 0.2) is 12.4 Å². The van der Waals surface area contributed by atoms with Crippen molar-refractivity contribution in [3.05, 3.63) is 18.2 Å². The van der Waals surface area contributed by atoms with E-state index in [4.69, 9.17) is 4.74 Å². The number of amides is 1. The molecule has 19 heavy (non-hydrogen) atoms. The van der Waals surface area contributed by atoms with Crippen LogP contribution in [0.2, 0.25) is 0 Å². The largest absolute Gasteiger partial charge is 0.376 e. The number of rotatable bonds is 4. The van der Waals surface area contributed by atoms with Crippen LogP contribution >= 0.6 is 0 Å². The maximum absolute atomic E-state index is 11.7. The molecule has 1 fully saturated rings. The van der Waals surface area contributed by atoms with E-state index in [1.165, 1.54) is 0 Å². The van der Waals surface area contributed by atoms with Gasteiger partial charge in [0, 0.05) is 12.8 Å². The molecule has 1 aliphatic heterocycles. The highest BCUT2D eigenvalue weighted by atomic mass is 16.5. The first-order chi connectivity index (χ1) is 9.31. The summed E-state index contributed by atoms with van der Waals surface area (Å²) in [7, 11) is 0. The highest BCUT2D eigenvalue weighted by Gasteiger charge is 2.17. The lowest BCUT2D eigenvalue weighted by Crippen LogP contribution is -2.15. The van der Waals surface area contributed by atoms with Crippen molar-refractivity contribution in [2.24, 2.45) is 0 Å². The Hall–Kier alpha value is -2.29. The van der Waals surface area contributed by atoms with Crippen molar-refractivity contribution in [2.75, 3.05) is 11.9 Å². The molecule has 0 radical (unpaired) electrons. The number of anilines is 1. The Morgan fingerprint density at radius 1 is 1.63 bits per heavy atom. The Labute approximate surface area is 108 Å². The molecule has 2 N–H and O–H groups in total. The van der Waals surface area contributed by atoms with Gasteiger partial charge >= 0.3 is 0 Å². The lowest BCUT2D eigenvalue weighted by Gasteiger charge is -2.08. The van der Waals surface area contributed by atoms with Gasteiger partial charge < -0.3 is 10.1 Å². The zero-order valence-electron chi connectivity index (χ0n) is 10.1. The van der Waals surface area contributed by atoms with Crippen LogP contribution in [0.1, 0.15) is 23.5 Å². The Morgan fingerprint density at radius 2 is 2.58 bits per heavy atom. The minimum Gasteiger partial charge on any atom is -0.376 e. The molecule has 0 saturated carbocycles. The molecule has 1 saturated heterocycles. The molecule has 9 heteroatoms. The number of nitrogens with one attached hydrogen (secondary N) is 2. The smallest absolute Gasteiger partial charge is 0.297 e. The van der Waals surface area contributed by atoms with Crippen LogP contribution in [-0.2, 0) is 11.3 Å². The standard InChI is InChI=1S/C10H13N7O2/c18-10(9-13-15-16-14-9)12-7-4-11-17(5-7)6-8-2-1-3-19-8/h4-5,8H,1-3,6H2,(H,12,18)(H,13,14,15,16). The average Bonchev–Trinajstić information content (AvgIpc) is 3.10. The predicted octanol–water partition coefficient (Wildman–Crippen LogP) is -0.173. The molecule has 0 aromatic carbocycles. The Bertz CT molecular complexity index is 544. The van der Waals surface area contributed by atoms with Gasteiger partial charge in [0.25, 0.3) is 11.7 Å². The van der Waals surface area contributed by atoms with Gasteiger partial charge in [-0.25, -0.2) is 0 Å². The molecule has 3 heterocycles. The number of carbonyl (C=O) groups excluding carboxylic acids is 1. The van der Waals surface area contributed by atoms with Crippen molar-refractivity contribution in [1.29, 1.82) is 0 Å². The van der Waals surface area contributed by atoms with E-state index in [1.54, 1.807) is 17.1 Å². The van der Waals surface area contributed by atoms with E-state index in [0.717, 1.165) is 19.4 Å². The highest BCUT2D eigenvalue weighted by molar-refractivity contribution is 6.01. The maximum Gasteiger partial charge on any atom is 0.297 e. The van der Waals surface area contributed by atoms with Crippen LogP contribution < -0.4 is 5.32 Å². The summed E-state index contributed by atoms with van der Waals surface area (Å²) in [6, 6.07) is 0. The lowest BCUT2D eigenvalue weighted by molar-refractivity contribution is 0.0940. The van der Waals surface area contributed by atoms with Crippen LogP contribution in [0.25, 0.3) is 0 Å². The molecule has 1 aliphatic rings. The normalized spacial score (nSPS) is 18.6. The summed E-state index contributed by atoms with van der Waals surface area (Å²) in [5.74, 6) is -0.433. The fourth-order valence-corrected chi connectivity index (χ4v) is 1.97. The third-order valence-corrected chi connectivity index (χ3v) is 2.85. The summed E-state index contributed by atoms with van der Waals surface area (Å²) < 4.78 is 7.28. The second kappa shape index (κ2) is 5.14. The fraction of sp³-hybridized carbons (Fsp3) is 0.500. The molecule has 2 aromatic rings. The minimum atomic E-state index is -0.426. The van der Waals surface area contributed by atoms with Crippen molar-refractivity contribution in [3.63, 3.8) is 0 Å². The number of hydrogen-bond acceptors (Lipinski definition) is 6. The second-order valence-corrected chi connectivity index (χ2v) is 4.28. The van der Waals surface area contributed by atoms with Crippen LogP contribution in [0.5, 0.6) is 0 Å². The predicted molar refractivity (Wildman–Crippen MR) is 63.3 cm³/mol.